The average Bonchev–Trinajstić information content (AvgIpc) is 2.91. The van der Waals surface area contributed by atoms with E-state index in [9.17, 15) is 4.79 Å². The maximum absolute atomic E-state index is 12.7. The maximum atomic E-state index is 12.7. The number of rotatable bonds is 1. The van der Waals surface area contributed by atoms with E-state index in [2.05, 4.69) is 37.1 Å². The standard InChI is InChI=1S/C16H22N2O/c1-10-4-11(2)6-13(5-10)16(19)18-9-14-7-17-8-15(14)12(18)3/h4-6,12,14-15,17H,7-9H2,1-3H3. The van der Waals surface area contributed by atoms with Gasteiger partial charge in [0.05, 0.1) is 0 Å². The summed E-state index contributed by atoms with van der Waals surface area (Å²) in [5.41, 5.74) is 3.17. The van der Waals surface area contributed by atoms with Crippen LogP contribution in [-0.4, -0.2) is 36.5 Å². The van der Waals surface area contributed by atoms with Gasteiger partial charge in [-0.15, -0.1) is 0 Å². The van der Waals surface area contributed by atoms with Crippen LogP contribution in [-0.2, 0) is 0 Å². The predicted molar refractivity (Wildman–Crippen MR) is 76.3 cm³/mol. The molecular formula is C16H22N2O. The molecule has 0 aliphatic carbocycles. The second-order valence-electron chi connectivity index (χ2n) is 6.16. The molecule has 1 N–H and O–H groups in total. The highest BCUT2D eigenvalue weighted by atomic mass is 16.2. The van der Waals surface area contributed by atoms with E-state index >= 15 is 0 Å². The van der Waals surface area contributed by atoms with Gasteiger partial charge in [0.15, 0.2) is 0 Å². The molecule has 19 heavy (non-hydrogen) atoms. The number of benzene rings is 1. The van der Waals surface area contributed by atoms with Crippen molar-refractivity contribution in [2.24, 2.45) is 11.8 Å². The fourth-order valence-electron chi connectivity index (χ4n) is 3.70. The van der Waals surface area contributed by atoms with Crippen molar-refractivity contribution in [3.63, 3.8) is 0 Å². The normalized spacial score (nSPS) is 29.6. The van der Waals surface area contributed by atoms with Crippen LogP contribution in [0.5, 0.6) is 0 Å². The van der Waals surface area contributed by atoms with Gasteiger partial charge in [-0.05, 0) is 44.7 Å². The molecule has 3 unspecified atom stereocenters. The van der Waals surface area contributed by atoms with Crippen molar-refractivity contribution in [3.8, 4) is 0 Å². The van der Waals surface area contributed by atoms with Crippen molar-refractivity contribution in [1.82, 2.24) is 10.2 Å². The lowest BCUT2D eigenvalue weighted by atomic mass is 9.95. The third kappa shape index (κ3) is 2.16. The minimum atomic E-state index is 0.203. The monoisotopic (exact) mass is 258 g/mol. The first-order valence-electron chi connectivity index (χ1n) is 7.16. The first kappa shape index (κ1) is 12.7. The smallest absolute Gasteiger partial charge is 0.254 e. The van der Waals surface area contributed by atoms with Gasteiger partial charge < -0.3 is 10.2 Å². The molecule has 3 nitrogen and oxygen atoms in total. The lowest BCUT2D eigenvalue weighted by Crippen LogP contribution is -2.38. The number of likely N-dealkylation sites (tertiary alicyclic amines) is 1. The summed E-state index contributed by atoms with van der Waals surface area (Å²) in [6.07, 6.45) is 0. The second kappa shape index (κ2) is 4.64. The van der Waals surface area contributed by atoms with E-state index in [1.165, 1.54) is 0 Å². The van der Waals surface area contributed by atoms with Gasteiger partial charge in [-0.3, -0.25) is 4.79 Å². The SMILES string of the molecule is Cc1cc(C)cc(C(=O)N2CC3CNCC3C2C)c1. The third-order valence-electron chi connectivity index (χ3n) is 4.66. The highest BCUT2D eigenvalue weighted by Crippen LogP contribution is 2.33. The van der Waals surface area contributed by atoms with E-state index in [0.717, 1.165) is 36.3 Å². The van der Waals surface area contributed by atoms with Crippen LogP contribution >= 0.6 is 0 Å². The van der Waals surface area contributed by atoms with Crippen LogP contribution in [0.4, 0.5) is 0 Å². The topological polar surface area (TPSA) is 32.3 Å². The molecule has 102 valence electrons. The van der Waals surface area contributed by atoms with Gasteiger partial charge in [-0.25, -0.2) is 0 Å². The molecule has 0 spiro atoms. The quantitative estimate of drug-likeness (QED) is 0.835. The van der Waals surface area contributed by atoms with Crippen LogP contribution in [0, 0.1) is 25.7 Å². The first-order chi connectivity index (χ1) is 9.06. The van der Waals surface area contributed by atoms with E-state index in [-0.39, 0.29) is 5.91 Å². The fourth-order valence-corrected chi connectivity index (χ4v) is 3.70. The van der Waals surface area contributed by atoms with Gasteiger partial charge in [0.25, 0.3) is 5.91 Å². The predicted octanol–water partition coefficient (Wildman–Crippen LogP) is 1.98. The molecule has 3 rings (SSSR count). The molecule has 0 saturated carbocycles. The number of nitrogens with one attached hydrogen (secondary N) is 1. The Morgan fingerprint density at radius 2 is 1.89 bits per heavy atom. The molecule has 3 atom stereocenters. The minimum absolute atomic E-state index is 0.203. The highest BCUT2D eigenvalue weighted by molar-refractivity contribution is 5.95. The Kier molecular flexibility index (Phi) is 3.09. The second-order valence-corrected chi connectivity index (χ2v) is 6.16. The molecule has 0 radical (unpaired) electrons. The summed E-state index contributed by atoms with van der Waals surface area (Å²) >= 11 is 0. The van der Waals surface area contributed by atoms with Crippen molar-refractivity contribution in [2.45, 2.75) is 26.8 Å². The van der Waals surface area contributed by atoms with Gasteiger partial charge >= 0.3 is 0 Å². The Morgan fingerprint density at radius 3 is 2.53 bits per heavy atom. The Balaban J connectivity index is 1.84. The van der Waals surface area contributed by atoms with Crippen molar-refractivity contribution < 1.29 is 4.79 Å². The maximum Gasteiger partial charge on any atom is 0.254 e. The largest absolute Gasteiger partial charge is 0.335 e. The van der Waals surface area contributed by atoms with Crippen LogP contribution in [0.25, 0.3) is 0 Å². The summed E-state index contributed by atoms with van der Waals surface area (Å²) in [5.74, 6) is 1.48. The molecule has 0 aromatic heterocycles. The molecule has 2 heterocycles. The fraction of sp³-hybridized carbons (Fsp3) is 0.562. The van der Waals surface area contributed by atoms with E-state index in [0.29, 0.717) is 17.9 Å². The number of amides is 1. The van der Waals surface area contributed by atoms with Gasteiger partial charge in [0, 0.05) is 31.2 Å². The van der Waals surface area contributed by atoms with Crippen molar-refractivity contribution in [2.75, 3.05) is 19.6 Å². The number of carbonyl (C=O) groups excluding carboxylic acids is 1. The molecule has 1 amide bonds. The Bertz CT molecular complexity index is 491. The van der Waals surface area contributed by atoms with E-state index < -0.39 is 0 Å². The lowest BCUT2D eigenvalue weighted by Gasteiger charge is -2.25. The molecule has 1 aromatic carbocycles. The lowest BCUT2D eigenvalue weighted by molar-refractivity contribution is 0.0728. The number of aryl methyl sites for hydroxylation is 2. The van der Waals surface area contributed by atoms with Crippen LogP contribution < -0.4 is 5.32 Å². The van der Waals surface area contributed by atoms with Crippen LogP contribution in [0.1, 0.15) is 28.4 Å². The van der Waals surface area contributed by atoms with Crippen LogP contribution in [0.2, 0.25) is 0 Å². The molecule has 3 heteroatoms. The van der Waals surface area contributed by atoms with Crippen LogP contribution in [0.15, 0.2) is 18.2 Å². The summed E-state index contributed by atoms with van der Waals surface area (Å²) in [6.45, 7) is 9.32. The van der Waals surface area contributed by atoms with Crippen molar-refractivity contribution in [3.05, 3.63) is 34.9 Å². The van der Waals surface area contributed by atoms with Crippen molar-refractivity contribution >= 4 is 5.91 Å². The van der Waals surface area contributed by atoms with Gasteiger partial charge in [-0.2, -0.15) is 0 Å². The number of carbonyl (C=O) groups is 1. The summed E-state index contributed by atoms with van der Waals surface area (Å²) < 4.78 is 0. The molecule has 2 fully saturated rings. The van der Waals surface area contributed by atoms with Gasteiger partial charge in [-0.1, -0.05) is 17.2 Å². The molecule has 1 aromatic rings. The average molecular weight is 258 g/mol. The number of fused-ring (bicyclic) bond motifs is 1. The molecule has 2 aliphatic heterocycles. The van der Waals surface area contributed by atoms with E-state index in [4.69, 9.17) is 0 Å². The number of hydrogen-bond acceptors (Lipinski definition) is 2. The zero-order chi connectivity index (χ0) is 13.6. The first-order valence-corrected chi connectivity index (χ1v) is 7.16. The number of nitrogens with zero attached hydrogens (tertiary/aromatic N) is 1. The van der Waals surface area contributed by atoms with Gasteiger partial charge in [0.1, 0.15) is 0 Å². The van der Waals surface area contributed by atoms with Gasteiger partial charge in [0.2, 0.25) is 0 Å². The molecule has 2 aliphatic rings. The van der Waals surface area contributed by atoms with E-state index in [1.54, 1.807) is 0 Å². The molecule has 2 saturated heterocycles. The van der Waals surface area contributed by atoms with Crippen molar-refractivity contribution in [1.29, 1.82) is 0 Å². The summed E-state index contributed by atoms with van der Waals surface area (Å²) in [7, 11) is 0. The highest BCUT2D eigenvalue weighted by Gasteiger charge is 2.43. The number of hydrogen-bond donors (Lipinski definition) is 1. The van der Waals surface area contributed by atoms with E-state index in [1.807, 2.05) is 12.1 Å². The summed E-state index contributed by atoms with van der Waals surface area (Å²) in [6, 6.07) is 6.49. The Morgan fingerprint density at radius 1 is 1.21 bits per heavy atom. The zero-order valence-corrected chi connectivity index (χ0v) is 11.9. The van der Waals surface area contributed by atoms with Crippen LogP contribution in [0.3, 0.4) is 0 Å². The molecular weight excluding hydrogens is 236 g/mol. The summed E-state index contributed by atoms with van der Waals surface area (Å²) in [4.78, 5) is 14.8. The minimum Gasteiger partial charge on any atom is -0.335 e. The zero-order valence-electron chi connectivity index (χ0n) is 11.9. The summed E-state index contributed by atoms with van der Waals surface area (Å²) in [5, 5.41) is 3.43. The Labute approximate surface area is 115 Å². The Hall–Kier alpha value is -1.35. The molecule has 0 bridgehead atoms. The third-order valence-corrected chi connectivity index (χ3v) is 4.66.